The van der Waals surface area contributed by atoms with Gasteiger partial charge in [0.05, 0.1) is 17.4 Å². The minimum atomic E-state index is -4.25. The molecule has 0 bridgehead atoms. The third kappa shape index (κ3) is 5.51. The zero-order chi connectivity index (χ0) is 27.0. The predicted molar refractivity (Wildman–Crippen MR) is 142 cm³/mol. The van der Waals surface area contributed by atoms with Gasteiger partial charge in [-0.25, -0.2) is 19.7 Å². The Labute approximate surface area is 217 Å². The van der Waals surface area contributed by atoms with Crippen LogP contribution in [0, 0.1) is 5.92 Å². The molecular formula is C26H32N6O4S. The van der Waals surface area contributed by atoms with Crippen molar-refractivity contribution in [2.45, 2.75) is 57.7 Å². The lowest BCUT2D eigenvalue weighted by atomic mass is 9.90. The van der Waals surface area contributed by atoms with Gasteiger partial charge in [-0.15, -0.1) is 0 Å². The van der Waals surface area contributed by atoms with Gasteiger partial charge in [-0.3, -0.25) is 4.79 Å². The number of carbonyl (C=O) groups excluding carboxylic acids is 1. The van der Waals surface area contributed by atoms with Crippen molar-refractivity contribution in [3.05, 3.63) is 54.2 Å². The number of pyridine rings is 3. The highest BCUT2D eigenvalue weighted by molar-refractivity contribution is 7.90. The van der Waals surface area contributed by atoms with Crippen LogP contribution in [0.4, 0.5) is 11.6 Å². The standard InChI is InChI=1S/C26H32N6O4S/c1-16(2)36-22-12-9-18(15-28-22)20-11-10-19(24(29-20)32-14-13-17(3)26(32,4)5)25(33)31-37(34,35)23-8-6-7-21(27)30-23/h6-12,15-17H,13-14H2,1-5H3,(H2,27,30)(H,31,33). The van der Waals surface area contributed by atoms with Crippen LogP contribution in [0.2, 0.25) is 0 Å². The Kier molecular flexibility index (Phi) is 7.09. The summed E-state index contributed by atoms with van der Waals surface area (Å²) in [5, 5.41) is -0.336. The fourth-order valence-corrected chi connectivity index (χ4v) is 5.20. The Balaban J connectivity index is 1.73. The second-order valence-corrected chi connectivity index (χ2v) is 11.6. The van der Waals surface area contributed by atoms with Crippen molar-refractivity contribution >= 4 is 27.6 Å². The maximum absolute atomic E-state index is 13.3. The molecule has 1 aliphatic heterocycles. The van der Waals surface area contributed by atoms with E-state index in [0.29, 0.717) is 29.9 Å². The number of rotatable bonds is 7. The third-order valence-corrected chi connectivity index (χ3v) is 7.93. The molecule has 11 heteroatoms. The van der Waals surface area contributed by atoms with Gasteiger partial charge in [0.2, 0.25) is 5.88 Å². The van der Waals surface area contributed by atoms with Crippen LogP contribution in [-0.4, -0.2) is 47.5 Å². The summed E-state index contributed by atoms with van der Waals surface area (Å²) in [5.74, 6) is 0.483. The van der Waals surface area contributed by atoms with E-state index in [0.717, 1.165) is 12.0 Å². The molecule has 3 N–H and O–H groups in total. The number of nitrogens with two attached hydrogens (primary N) is 1. The number of carbonyl (C=O) groups is 1. The van der Waals surface area contributed by atoms with Crippen LogP contribution < -0.4 is 20.1 Å². The Hall–Kier alpha value is -3.73. The van der Waals surface area contributed by atoms with E-state index >= 15 is 0 Å². The normalized spacial score (nSPS) is 17.1. The summed E-state index contributed by atoms with van der Waals surface area (Å²) in [6.07, 6.45) is 2.57. The van der Waals surface area contributed by atoms with Crippen molar-refractivity contribution in [1.82, 2.24) is 19.7 Å². The summed E-state index contributed by atoms with van der Waals surface area (Å²) in [6, 6.07) is 11.1. The largest absolute Gasteiger partial charge is 0.475 e. The van der Waals surface area contributed by atoms with Gasteiger partial charge in [-0.2, -0.15) is 8.42 Å². The Bertz CT molecular complexity index is 1410. The van der Waals surface area contributed by atoms with Crippen molar-refractivity contribution in [1.29, 1.82) is 0 Å². The second kappa shape index (κ2) is 9.97. The van der Waals surface area contributed by atoms with Gasteiger partial charge in [0.15, 0.2) is 5.03 Å². The summed E-state index contributed by atoms with van der Waals surface area (Å²) >= 11 is 0. The number of sulfonamides is 1. The highest BCUT2D eigenvalue weighted by Gasteiger charge is 2.41. The average Bonchev–Trinajstić information content (AvgIpc) is 3.10. The van der Waals surface area contributed by atoms with Crippen molar-refractivity contribution in [2.24, 2.45) is 5.92 Å². The highest BCUT2D eigenvalue weighted by Crippen LogP contribution is 2.39. The van der Waals surface area contributed by atoms with Gasteiger partial charge < -0.3 is 15.4 Å². The molecule has 1 atom stereocenters. The maximum Gasteiger partial charge on any atom is 0.281 e. The SMILES string of the molecule is CC(C)Oc1ccc(-c2ccc(C(=O)NS(=O)(=O)c3cccc(N)n3)c(N3CCC(C)C3(C)C)n2)cn1. The number of aromatic nitrogens is 3. The minimum Gasteiger partial charge on any atom is -0.475 e. The van der Waals surface area contributed by atoms with E-state index in [-0.39, 0.29) is 28.1 Å². The summed E-state index contributed by atoms with van der Waals surface area (Å²) in [6.45, 7) is 10.9. The zero-order valence-electron chi connectivity index (χ0n) is 21.6. The van der Waals surface area contributed by atoms with Crippen molar-refractivity contribution in [3.63, 3.8) is 0 Å². The van der Waals surface area contributed by atoms with Crippen LogP contribution in [0.25, 0.3) is 11.3 Å². The molecule has 1 saturated heterocycles. The van der Waals surface area contributed by atoms with Crippen molar-refractivity contribution in [2.75, 3.05) is 17.2 Å². The van der Waals surface area contributed by atoms with Gasteiger partial charge in [-0.05, 0) is 70.4 Å². The lowest BCUT2D eigenvalue weighted by Crippen LogP contribution is -2.43. The molecule has 37 heavy (non-hydrogen) atoms. The maximum atomic E-state index is 13.3. The van der Waals surface area contributed by atoms with Gasteiger partial charge in [0, 0.05) is 29.9 Å². The van der Waals surface area contributed by atoms with E-state index in [2.05, 4.69) is 40.4 Å². The molecule has 0 radical (unpaired) electrons. The molecule has 1 aliphatic rings. The predicted octanol–water partition coefficient (Wildman–Crippen LogP) is 3.65. The molecule has 3 aromatic rings. The minimum absolute atomic E-state index is 0.000864. The fourth-order valence-electron chi connectivity index (χ4n) is 4.25. The van der Waals surface area contributed by atoms with Crippen LogP contribution >= 0.6 is 0 Å². The molecule has 1 amide bonds. The molecular weight excluding hydrogens is 492 g/mol. The fraction of sp³-hybridized carbons (Fsp3) is 0.385. The highest BCUT2D eigenvalue weighted by atomic mass is 32.2. The number of nitrogen functional groups attached to an aromatic ring is 1. The first kappa shape index (κ1) is 26.3. The first-order valence-corrected chi connectivity index (χ1v) is 13.6. The Morgan fingerprint density at radius 2 is 1.92 bits per heavy atom. The molecule has 4 heterocycles. The summed E-state index contributed by atoms with van der Waals surface area (Å²) < 4.78 is 33.5. The zero-order valence-corrected chi connectivity index (χ0v) is 22.4. The first-order valence-electron chi connectivity index (χ1n) is 12.1. The number of anilines is 2. The second-order valence-electron chi connectivity index (χ2n) is 9.95. The topological polar surface area (TPSA) is 140 Å². The van der Waals surface area contributed by atoms with Crippen molar-refractivity contribution < 1.29 is 17.9 Å². The van der Waals surface area contributed by atoms with Gasteiger partial charge >= 0.3 is 0 Å². The Morgan fingerprint density at radius 1 is 1.16 bits per heavy atom. The van der Waals surface area contributed by atoms with Crippen LogP contribution in [0.15, 0.2) is 53.7 Å². The van der Waals surface area contributed by atoms with Crippen LogP contribution in [0.5, 0.6) is 5.88 Å². The smallest absolute Gasteiger partial charge is 0.281 e. The number of amides is 1. The number of hydrogen-bond acceptors (Lipinski definition) is 9. The Morgan fingerprint density at radius 3 is 2.51 bits per heavy atom. The van der Waals surface area contributed by atoms with E-state index < -0.39 is 15.9 Å². The molecule has 0 aromatic carbocycles. The van der Waals surface area contributed by atoms with E-state index in [1.54, 1.807) is 24.4 Å². The van der Waals surface area contributed by atoms with E-state index in [4.69, 9.17) is 15.5 Å². The molecule has 0 saturated carbocycles. The van der Waals surface area contributed by atoms with Crippen molar-refractivity contribution in [3.8, 4) is 17.1 Å². The molecule has 1 unspecified atom stereocenters. The monoisotopic (exact) mass is 524 g/mol. The number of nitrogens with one attached hydrogen (secondary N) is 1. The lowest BCUT2D eigenvalue weighted by Gasteiger charge is -2.36. The number of nitrogens with zero attached hydrogens (tertiary/aromatic N) is 4. The molecule has 0 spiro atoms. The summed E-state index contributed by atoms with van der Waals surface area (Å²) in [4.78, 5) is 28.4. The van der Waals surface area contributed by atoms with E-state index in [1.165, 1.54) is 18.2 Å². The quantitative estimate of drug-likeness (QED) is 0.474. The summed E-state index contributed by atoms with van der Waals surface area (Å²) in [5.41, 5.74) is 6.82. The van der Waals surface area contributed by atoms with E-state index in [9.17, 15) is 13.2 Å². The number of hydrogen-bond donors (Lipinski definition) is 2. The van der Waals surface area contributed by atoms with Crippen LogP contribution in [0.3, 0.4) is 0 Å². The molecule has 1 fully saturated rings. The molecule has 10 nitrogen and oxygen atoms in total. The lowest BCUT2D eigenvalue weighted by molar-refractivity contribution is 0.0981. The van der Waals surface area contributed by atoms with E-state index in [1.807, 2.05) is 19.9 Å². The van der Waals surface area contributed by atoms with Crippen LogP contribution in [-0.2, 0) is 10.0 Å². The molecule has 196 valence electrons. The molecule has 4 rings (SSSR count). The van der Waals surface area contributed by atoms with Gasteiger partial charge in [0.25, 0.3) is 15.9 Å². The third-order valence-electron chi connectivity index (χ3n) is 6.70. The van der Waals surface area contributed by atoms with Crippen LogP contribution in [0.1, 0.15) is 51.4 Å². The number of ether oxygens (including phenoxy) is 1. The molecule has 0 aliphatic carbocycles. The van der Waals surface area contributed by atoms with Gasteiger partial charge in [-0.1, -0.05) is 13.0 Å². The van der Waals surface area contributed by atoms with Gasteiger partial charge in [0.1, 0.15) is 11.6 Å². The first-order chi connectivity index (χ1) is 17.4. The average molecular weight is 525 g/mol. The summed E-state index contributed by atoms with van der Waals surface area (Å²) in [7, 11) is -4.25. The molecule has 3 aromatic heterocycles.